The van der Waals surface area contributed by atoms with E-state index in [1.165, 1.54) is 4.88 Å². The van der Waals surface area contributed by atoms with E-state index in [0.29, 0.717) is 32.7 Å². The van der Waals surface area contributed by atoms with Crippen LogP contribution >= 0.6 is 34.5 Å². The van der Waals surface area contributed by atoms with Crippen molar-refractivity contribution in [2.24, 2.45) is 4.99 Å². The molecule has 0 aliphatic heterocycles. The summed E-state index contributed by atoms with van der Waals surface area (Å²) in [5.41, 5.74) is 2.54. The van der Waals surface area contributed by atoms with E-state index in [0.717, 1.165) is 24.1 Å². The molecule has 7 heteroatoms. The minimum Gasteiger partial charge on any atom is -0.497 e. The fraction of sp³-hybridized carbons (Fsp3) is 0.273. The van der Waals surface area contributed by atoms with Gasteiger partial charge in [-0.25, -0.2) is 0 Å². The highest BCUT2D eigenvalue weighted by Gasteiger charge is 2.16. The summed E-state index contributed by atoms with van der Waals surface area (Å²) in [6.45, 7) is 4.86. The van der Waals surface area contributed by atoms with Gasteiger partial charge in [-0.15, -0.1) is 11.3 Å². The number of aryl methyl sites for hydroxylation is 1. The molecule has 29 heavy (non-hydrogen) atoms. The first-order valence-corrected chi connectivity index (χ1v) is 11.0. The number of ether oxygens (including phenoxy) is 1. The predicted molar refractivity (Wildman–Crippen MR) is 120 cm³/mol. The SMILES string of the molecule is CCCc1sc(=NC(=O)c2ccc(OC)cc2)n(CC)c1-c1ccc(Cl)c(Cl)c1. The predicted octanol–water partition coefficient (Wildman–Crippen LogP) is 6.25. The van der Waals surface area contributed by atoms with E-state index >= 15 is 0 Å². The van der Waals surface area contributed by atoms with Crippen molar-refractivity contribution in [3.63, 3.8) is 0 Å². The number of carbonyl (C=O) groups is 1. The van der Waals surface area contributed by atoms with Crippen LogP contribution in [0.5, 0.6) is 5.75 Å². The molecule has 4 nitrogen and oxygen atoms in total. The van der Waals surface area contributed by atoms with Crippen LogP contribution in [-0.2, 0) is 13.0 Å². The molecule has 0 saturated heterocycles. The van der Waals surface area contributed by atoms with Gasteiger partial charge in [0, 0.05) is 22.5 Å². The summed E-state index contributed by atoms with van der Waals surface area (Å²) >= 11 is 13.9. The molecule has 3 rings (SSSR count). The lowest BCUT2D eigenvalue weighted by Gasteiger charge is -2.10. The Morgan fingerprint density at radius 2 is 1.83 bits per heavy atom. The zero-order chi connectivity index (χ0) is 21.0. The number of aromatic nitrogens is 1. The highest BCUT2D eigenvalue weighted by molar-refractivity contribution is 7.09. The largest absolute Gasteiger partial charge is 0.497 e. The van der Waals surface area contributed by atoms with Gasteiger partial charge in [-0.2, -0.15) is 4.99 Å². The van der Waals surface area contributed by atoms with E-state index in [2.05, 4.69) is 16.5 Å². The molecule has 0 spiro atoms. The van der Waals surface area contributed by atoms with Crippen LogP contribution in [0.2, 0.25) is 10.0 Å². The smallest absolute Gasteiger partial charge is 0.279 e. The number of rotatable bonds is 6. The maximum Gasteiger partial charge on any atom is 0.279 e. The molecule has 0 saturated carbocycles. The minimum absolute atomic E-state index is 0.278. The Labute approximate surface area is 184 Å². The summed E-state index contributed by atoms with van der Waals surface area (Å²) in [7, 11) is 1.59. The number of methoxy groups -OCH3 is 1. The van der Waals surface area contributed by atoms with E-state index in [1.807, 2.05) is 19.1 Å². The van der Waals surface area contributed by atoms with Gasteiger partial charge >= 0.3 is 0 Å². The fourth-order valence-corrected chi connectivity index (χ4v) is 4.69. The number of nitrogens with zero attached hydrogens (tertiary/aromatic N) is 2. The van der Waals surface area contributed by atoms with Gasteiger partial charge in [0.2, 0.25) is 0 Å². The van der Waals surface area contributed by atoms with E-state index in [-0.39, 0.29) is 5.91 Å². The second-order valence-corrected chi connectivity index (χ2v) is 8.30. The normalized spacial score (nSPS) is 11.7. The topological polar surface area (TPSA) is 43.6 Å². The number of halogens is 2. The second-order valence-electron chi connectivity index (χ2n) is 6.43. The van der Waals surface area contributed by atoms with E-state index < -0.39 is 0 Å². The van der Waals surface area contributed by atoms with Crippen LogP contribution in [0.4, 0.5) is 0 Å². The van der Waals surface area contributed by atoms with Gasteiger partial charge < -0.3 is 9.30 Å². The number of carbonyl (C=O) groups excluding carboxylic acids is 1. The molecule has 0 bridgehead atoms. The van der Waals surface area contributed by atoms with E-state index in [9.17, 15) is 4.79 Å². The highest BCUT2D eigenvalue weighted by Crippen LogP contribution is 2.32. The second kappa shape index (κ2) is 9.61. The molecular weight excluding hydrogens is 427 g/mol. The summed E-state index contributed by atoms with van der Waals surface area (Å²) in [6, 6.07) is 12.6. The van der Waals surface area contributed by atoms with E-state index in [4.69, 9.17) is 27.9 Å². The van der Waals surface area contributed by atoms with Crippen LogP contribution in [0.25, 0.3) is 11.3 Å². The van der Waals surface area contributed by atoms with Gasteiger partial charge in [-0.05, 0) is 49.7 Å². The summed E-state index contributed by atoms with van der Waals surface area (Å²) in [6.07, 6.45) is 1.89. The Morgan fingerprint density at radius 3 is 2.41 bits per heavy atom. The molecule has 0 radical (unpaired) electrons. The number of benzene rings is 2. The Bertz CT molecular complexity index is 1090. The quantitative estimate of drug-likeness (QED) is 0.447. The van der Waals surface area contributed by atoms with Crippen LogP contribution in [-0.4, -0.2) is 17.6 Å². The number of amides is 1. The van der Waals surface area contributed by atoms with Crippen molar-refractivity contribution < 1.29 is 9.53 Å². The zero-order valence-corrected chi connectivity index (χ0v) is 18.9. The van der Waals surface area contributed by atoms with Crippen LogP contribution in [0, 0.1) is 0 Å². The molecule has 0 unspecified atom stereocenters. The molecule has 0 aliphatic carbocycles. The third kappa shape index (κ3) is 4.74. The van der Waals surface area contributed by atoms with Gasteiger partial charge in [-0.1, -0.05) is 42.6 Å². The van der Waals surface area contributed by atoms with Crippen LogP contribution in [0.3, 0.4) is 0 Å². The van der Waals surface area contributed by atoms with Crippen LogP contribution < -0.4 is 9.54 Å². The van der Waals surface area contributed by atoms with Gasteiger partial charge in [0.15, 0.2) is 4.80 Å². The maximum absolute atomic E-state index is 12.7. The first-order valence-electron chi connectivity index (χ1n) is 9.39. The molecule has 0 atom stereocenters. The molecule has 1 aromatic heterocycles. The van der Waals surface area contributed by atoms with Crippen molar-refractivity contribution in [2.75, 3.05) is 7.11 Å². The Balaban J connectivity index is 2.12. The molecule has 152 valence electrons. The lowest BCUT2D eigenvalue weighted by molar-refractivity contribution is 0.0998. The molecule has 1 amide bonds. The monoisotopic (exact) mass is 448 g/mol. The Kier molecular flexibility index (Phi) is 7.17. The van der Waals surface area contributed by atoms with Crippen molar-refractivity contribution in [1.82, 2.24) is 4.57 Å². The van der Waals surface area contributed by atoms with Gasteiger partial charge in [0.05, 0.1) is 22.8 Å². The molecule has 2 aromatic carbocycles. The maximum atomic E-state index is 12.7. The molecule has 0 fully saturated rings. The van der Waals surface area contributed by atoms with Gasteiger partial charge in [0.25, 0.3) is 5.91 Å². The zero-order valence-electron chi connectivity index (χ0n) is 16.5. The molecule has 3 aromatic rings. The molecule has 1 heterocycles. The van der Waals surface area contributed by atoms with Crippen LogP contribution in [0.15, 0.2) is 47.5 Å². The minimum atomic E-state index is -0.278. The van der Waals surface area contributed by atoms with Crippen LogP contribution in [0.1, 0.15) is 35.5 Å². The number of thiazole rings is 1. The third-order valence-electron chi connectivity index (χ3n) is 4.50. The lowest BCUT2D eigenvalue weighted by atomic mass is 10.1. The molecule has 0 N–H and O–H groups in total. The molecule has 0 aliphatic rings. The standard InChI is InChI=1S/C22H22Cl2N2O2S/c1-4-6-19-20(15-9-12-17(23)18(24)13-15)26(5-2)22(29-19)25-21(27)14-7-10-16(28-3)11-8-14/h7-13H,4-6H2,1-3H3. The average Bonchev–Trinajstić information content (AvgIpc) is 3.07. The Morgan fingerprint density at radius 1 is 1.10 bits per heavy atom. The van der Waals surface area contributed by atoms with Crippen molar-refractivity contribution in [2.45, 2.75) is 33.2 Å². The average molecular weight is 449 g/mol. The number of hydrogen-bond donors (Lipinski definition) is 0. The van der Waals surface area contributed by atoms with Gasteiger partial charge in [0.1, 0.15) is 5.75 Å². The number of hydrogen-bond acceptors (Lipinski definition) is 3. The lowest BCUT2D eigenvalue weighted by Crippen LogP contribution is -2.17. The van der Waals surface area contributed by atoms with Crippen molar-refractivity contribution >= 4 is 40.4 Å². The summed E-state index contributed by atoms with van der Waals surface area (Å²) < 4.78 is 7.22. The third-order valence-corrected chi connectivity index (χ3v) is 6.38. The summed E-state index contributed by atoms with van der Waals surface area (Å²) in [4.78, 5) is 19.0. The summed E-state index contributed by atoms with van der Waals surface area (Å²) in [5, 5.41) is 1.03. The Hall–Kier alpha value is -2.08. The molecular formula is C22H22Cl2N2O2S. The summed E-state index contributed by atoms with van der Waals surface area (Å²) in [5.74, 6) is 0.424. The van der Waals surface area contributed by atoms with Crippen molar-refractivity contribution in [3.8, 4) is 17.0 Å². The first kappa shape index (κ1) is 21.6. The van der Waals surface area contributed by atoms with E-state index in [1.54, 1.807) is 48.8 Å². The first-order chi connectivity index (χ1) is 14.0. The highest BCUT2D eigenvalue weighted by atomic mass is 35.5. The fourth-order valence-electron chi connectivity index (χ4n) is 3.08. The van der Waals surface area contributed by atoms with Crippen molar-refractivity contribution in [1.29, 1.82) is 0 Å². The van der Waals surface area contributed by atoms with Crippen molar-refractivity contribution in [3.05, 3.63) is 67.8 Å². The van der Waals surface area contributed by atoms with Gasteiger partial charge in [-0.3, -0.25) is 4.79 Å².